The van der Waals surface area contributed by atoms with Gasteiger partial charge in [0, 0.05) is 0 Å². The van der Waals surface area contributed by atoms with Crippen molar-refractivity contribution in [1.29, 1.82) is 0 Å². The third kappa shape index (κ3) is 1.08. The number of alkyl halides is 1. The molecule has 1 heteroatoms. The molecule has 0 aromatic heterocycles. The zero-order valence-electron chi connectivity index (χ0n) is 8.70. The lowest BCUT2D eigenvalue weighted by Gasteiger charge is -2.62. The second-order valence-electron chi connectivity index (χ2n) is 6.78. The van der Waals surface area contributed by atoms with Crippen molar-refractivity contribution in [1.82, 2.24) is 0 Å². The van der Waals surface area contributed by atoms with Crippen LogP contribution >= 0.6 is 0 Å². The third-order valence-electron chi connectivity index (χ3n) is 4.56. The molecule has 4 aliphatic carbocycles. The van der Waals surface area contributed by atoms with Crippen LogP contribution in [0.3, 0.4) is 0 Å². The smallest absolute Gasteiger partial charge is 0.112 e. The largest absolute Gasteiger partial charge is 0.244 e. The summed E-state index contributed by atoms with van der Waals surface area (Å²) in [6.45, 7) is 4.62. The molecule has 0 aromatic rings. The van der Waals surface area contributed by atoms with Gasteiger partial charge in [0.1, 0.15) is 5.67 Å². The Morgan fingerprint density at radius 3 is 1.85 bits per heavy atom. The van der Waals surface area contributed by atoms with E-state index in [1.165, 1.54) is 19.3 Å². The molecule has 4 bridgehead atoms. The first-order valence-corrected chi connectivity index (χ1v) is 5.60. The van der Waals surface area contributed by atoms with E-state index in [1.807, 2.05) is 0 Å². The van der Waals surface area contributed by atoms with Gasteiger partial charge >= 0.3 is 0 Å². The van der Waals surface area contributed by atoms with Crippen molar-refractivity contribution >= 4 is 0 Å². The minimum Gasteiger partial charge on any atom is -0.244 e. The summed E-state index contributed by atoms with van der Waals surface area (Å²) < 4.78 is 14.4. The topological polar surface area (TPSA) is 0 Å². The zero-order chi connectivity index (χ0) is 9.32. The van der Waals surface area contributed by atoms with Gasteiger partial charge in [-0.3, -0.25) is 0 Å². The minimum absolute atomic E-state index is 0.350. The fraction of sp³-hybridized carbons (Fsp3) is 1.00. The van der Waals surface area contributed by atoms with Crippen molar-refractivity contribution in [3.63, 3.8) is 0 Å². The monoisotopic (exact) mass is 182 g/mol. The molecule has 4 saturated carbocycles. The van der Waals surface area contributed by atoms with Crippen molar-refractivity contribution in [3.8, 4) is 0 Å². The van der Waals surface area contributed by atoms with E-state index >= 15 is 0 Å². The van der Waals surface area contributed by atoms with Gasteiger partial charge in [-0.05, 0) is 55.3 Å². The summed E-state index contributed by atoms with van der Waals surface area (Å²) in [5.74, 6) is 0.705. The molecule has 0 spiro atoms. The van der Waals surface area contributed by atoms with Gasteiger partial charge in [0.2, 0.25) is 0 Å². The fourth-order valence-corrected chi connectivity index (χ4v) is 5.31. The molecule has 0 radical (unpaired) electrons. The lowest BCUT2D eigenvalue weighted by atomic mass is 9.44. The van der Waals surface area contributed by atoms with Crippen molar-refractivity contribution in [2.24, 2.45) is 16.7 Å². The molecule has 0 aromatic carbocycles. The van der Waals surface area contributed by atoms with Crippen molar-refractivity contribution in [3.05, 3.63) is 0 Å². The second kappa shape index (κ2) is 1.97. The van der Waals surface area contributed by atoms with Crippen LogP contribution in [0, 0.1) is 16.7 Å². The van der Waals surface area contributed by atoms with Crippen LogP contribution in [0.5, 0.6) is 0 Å². The molecule has 4 fully saturated rings. The lowest BCUT2D eigenvalue weighted by molar-refractivity contribution is -0.154. The SMILES string of the molecule is CC12CC3CC(C)(C1)CC(F)(C3)C2. The van der Waals surface area contributed by atoms with Gasteiger partial charge in [0.05, 0.1) is 0 Å². The third-order valence-corrected chi connectivity index (χ3v) is 4.56. The van der Waals surface area contributed by atoms with Crippen LogP contribution in [0.2, 0.25) is 0 Å². The van der Waals surface area contributed by atoms with Crippen LogP contribution in [-0.4, -0.2) is 5.67 Å². The molecule has 0 heterocycles. The van der Waals surface area contributed by atoms with E-state index in [-0.39, 0.29) is 0 Å². The molecule has 2 atom stereocenters. The van der Waals surface area contributed by atoms with E-state index in [0.717, 1.165) is 19.3 Å². The minimum atomic E-state index is -0.775. The molecule has 0 amide bonds. The predicted octanol–water partition coefficient (Wildman–Crippen LogP) is 3.70. The molecular weight excluding hydrogens is 163 g/mol. The fourth-order valence-electron chi connectivity index (χ4n) is 5.31. The highest BCUT2D eigenvalue weighted by Gasteiger charge is 2.60. The summed E-state index contributed by atoms with van der Waals surface area (Å²) in [7, 11) is 0. The quantitative estimate of drug-likeness (QED) is 0.536. The summed E-state index contributed by atoms with van der Waals surface area (Å²) in [5, 5.41) is 0. The molecule has 2 unspecified atom stereocenters. The highest BCUT2D eigenvalue weighted by molar-refractivity contribution is 5.11. The van der Waals surface area contributed by atoms with Crippen LogP contribution in [-0.2, 0) is 0 Å². The van der Waals surface area contributed by atoms with Gasteiger partial charge in [-0.2, -0.15) is 0 Å². The van der Waals surface area contributed by atoms with Crippen molar-refractivity contribution in [2.45, 2.75) is 58.0 Å². The van der Waals surface area contributed by atoms with Crippen LogP contribution in [0.1, 0.15) is 52.4 Å². The Balaban J connectivity index is 2.03. The zero-order valence-corrected chi connectivity index (χ0v) is 8.70. The van der Waals surface area contributed by atoms with Gasteiger partial charge in [-0.1, -0.05) is 13.8 Å². The molecular formula is C12H19F. The highest BCUT2D eigenvalue weighted by Crippen LogP contribution is 2.67. The van der Waals surface area contributed by atoms with E-state index < -0.39 is 5.67 Å². The maximum Gasteiger partial charge on any atom is 0.112 e. The van der Waals surface area contributed by atoms with Gasteiger partial charge in [-0.25, -0.2) is 4.39 Å². The predicted molar refractivity (Wildman–Crippen MR) is 51.2 cm³/mol. The average molecular weight is 182 g/mol. The summed E-state index contributed by atoms with van der Waals surface area (Å²) in [5.41, 5.74) is -0.0747. The Kier molecular flexibility index (Phi) is 1.25. The van der Waals surface area contributed by atoms with Gasteiger partial charge in [0.25, 0.3) is 0 Å². The van der Waals surface area contributed by atoms with Crippen molar-refractivity contribution < 1.29 is 4.39 Å². The summed E-state index contributed by atoms with van der Waals surface area (Å²) in [4.78, 5) is 0. The van der Waals surface area contributed by atoms with E-state index in [1.54, 1.807) is 0 Å². The molecule has 0 aliphatic heterocycles. The standard InChI is InChI=1S/C12H19F/c1-10-3-9-4-11(2,6-10)8-12(13,5-9)7-10/h9H,3-8H2,1-2H3. The molecule has 0 saturated heterocycles. The van der Waals surface area contributed by atoms with Gasteiger partial charge in [-0.15, -0.1) is 0 Å². The molecule has 4 aliphatic rings. The van der Waals surface area contributed by atoms with Crippen LogP contribution in [0.15, 0.2) is 0 Å². The first-order chi connectivity index (χ1) is 5.91. The Bertz CT molecular complexity index is 207. The van der Waals surface area contributed by atoms with Crippen LogP contribution in [0.25, 0.3) is 0 Å². The number of rotatable bonds is 0. The first-order valence-electron chi connectivity index (χ1n) is 5.60. The Morgan fingerprint density at radius 2 is 1.46 bits per heavy atom. The molecule has 13 heavy (non-hydrogen) atoms. The van der Waals surface area contributed by atoms with Gasteiger partial charge in [0.15, 0.2) is 0 Å². The second-order valence-corrected chi connectivity index (χ2v) is 6.78. The maximum absolute atomic E-state index is 14.4. The summed E-state index contributed by atoms with van der Waals surface area (Å²) >= 11 is 0. The maximum atomic E-state index is 14.4. The number of hydrogen-bond donors (Lipinski definition) is 0. The number of halogens is 1. The normalized spacial score (nSPS) is 64.4. The summed E-state index contributed by atoms with van der Waals surface area (Å²) in [6, 6.07) is 0. The lowest BCUT2D eigenvalue weighted by Crippen LogP contribution is -2.56. The molecule has 4 rings (SSSR count). The first kappa shape index (κ1) is 8.26. The van der Waals surface area contributed by atoms with E-state index in [4.69, 9.17) is 0 Å². The molecule has 0 N–H and O–H groups in total. The summed E-state index contributed by atoms with van der Waals surface area (Å²) in [6.07, 6.45) is 6.46. The van der Waals surface area contributed by atoms with E-state index in [2.05, 4.69) is 13.8 Å². The van der Waals surface area contributed by atoms with Gasteiger partial charge < -0.3 is 0 Å². The van der Waals surface area contributed by atoms with E-state index in [9.17, 15) is 4.39 Å². The number of hydrogen-bond acceptors (Lipinski definition) is 0. The van der Waals surface area contributed by atoms with Crippen molar-refractivity contribution in [2.75, 3.05) is 0 Å². The Morgan fingerprint density at radius 1 is 0.923 bits per heavy atom. The molecule has 0 nitrogen and oxygen atoms in total. The van der Waals surface area contributed by atoms with E-state index in [0.29, 0.717) is 16.7 Å². The van der Waals surface area contributed by atoms with Crippen LogP contribution in [0.4, 0.5) is 4.39 Å². The molecule has 74 valence electrons. The highest BCUT2D eigenvalue weighted by atomic mass is 19.1. The Labute approximate surface area is 79.9 Å². The van der Waals surface area contributed by atoms with Crippen LogP contribution < -0.4 is 0 Å². The average Bonchev–Trinajstić information content (AvgIpc) is 1.71. The Hall–Kier alpha value is -0.0700.